The highest BCUT2D eigenvalue weighted by Gasteiger charge is 1.83. The van der Waals surface area contributed by atoms with Gasteiger partial charge in [0, 0.05) is 6.08 Å². The third kappa shape index (κ3) is 27.2. The Hall–Kier alpha value is -0.870. The molecular weight excluding hydrogens is 148 g/mol. The van der Waals surface area contributed by atoms with Crippen LogP contribution in [0.2, 0.25) is 0 Å². The molecule has 0 aromatic carbocycles. The zero-order chi connectivity index (χ0) is 9.28. The number of carboxylic acid groups (broad SMARTS) is 1. The second-order valence-electron chi connectivity index (χ2n) is 1.87. The van der Waals surface area contributed by atoms with E-state index in [2.05, 4.69) is 0 Å². The lowest BCUT2D eigenvalue weighted by Gasteiger charge is -1.90. The average Bonchev–Trinajstić information content (AvgIpc) is 1.89. The summed E-state index contributed by atoms with van der Waals surface area (Å²) in [6.07, 6.45) is 2.00. The van der Waals surface area contributed by atoms with Gasteiger partial charge in [0.2, 0.25) is 0 Å². The quantitative estimate of drug-likeness (QED) is 0.500. The van der Waals surface area contributed by atoms with Gasteiger partial charge in [0.1, 0.15) is 0 Å². The van der Waals surface area contributed by atoms with Gasteiger partial charge in [-0.25, -0.2) is 4.79 Å². The van der Waals surface area contributed by atoms with Crippen molar-refractivity contribution in [2.45, 2.75) is 20.0 Å². The Balaban J connectivity index is 0. The third-order valence-corrected chi connectivity index (χ3v) is 0.573. The fraction of sp³-hybridized carbons (Fsp3) is 0.571. The predicted molar refractivity (Wildman–Crippen MR) is 41.2 cm³/mol. The minimum absolute atomic E-state index is 0.139. The minimum atomic E-state index is -0.891. The first-order valence-corrected chi connectivity index (χ1v) is 3.19. The lowest BCUT2D eigenvalue weighted by atomic mass is 10.5. The van der Waals surface area contributed by atoms with Crippen LogP contribution in [-0.2, 0) is 4.79 Å². The second-order valence-corrected chi connectivity index (χ2v) is 1.87. The summed E-state index contributed by atoms with van der Waals surface area (Å²) >= 11 is 0. The molecule has 3 N–H and O–H groups in total. The maximum atomic E-state index is 9.51. The zero-order valence-electron chi connectivity index (χ0n) is 6.69. The molecule has 0 aliphatic rings. The molecule has 0 aromatic rings. The minimum Gasteiger partial charge on any atom is -0.478 e. The molecule has 0 aliphatic heterocycles. The summed E-state index contributed by atoms with van der Waals surface area (Å²) in [6.45, 7) is 3.05. The van der Waals surface area contributed by atoms with Gasteiger partial charge in [-0.1, -0.05) is 6.08 Å². The number of hydrogen-bond acceptors (Lipinski definition) is 3. The van der Waals surface area contributed by atoms with Crippen molar-refractivity contribution in [1.82, 2.24) is 0 Å². The molecule has 0 saturated carbocycles. The average molecular weight is 162 g/mol. The standard InChI is InChI=1S/C4H6O2.C3H8O2/c1-2-3-4(5)6;1-3(5)2-4/h2-3H,1H3,(H,5,6);3-5H,2H2,1H3. The van der Waals surface area contributed by atoms with E-state index < -0.39 is 12.1 Å². The molecule has 11 heavy (non-hydrogen) atoms. The fourth-order valence-corrected chi connectivity index (χ4v) is 0.143. The maximum Gasteiger partial charge on any atom is 0.327 e. The zero-order valence-corrected chi connectivity index (χ0v) is 6.69. The molecule has 4 nitrogen and oxygen atoms in total. The van der Waals surface area contributed by atoms with Gasteiger partial charge in [-0.15, -0.1) is 0 Å². The molecule has 0 bridgehead atoms. The number of aliphatic hydroxyl groups excluding tert-OH is 2. The van der Waals surface area contributed by atoms with Crippen LogP contribution in [0.25, 0.3) is 0 Å². The molecule has 1 unspecified atom stereocenters. The predicted octanol–water partition coefficient (Wildman–Crippen LogP) is 0.00660. The molecule has 0 amide bonds. The fourth-order valence-electron chi connectivity index (χ4n) is 0.143. The normalized spacial score (nSPS) is 12.0. The Labute approximate surface area is 65.8 Å². The van der Waals surface area contributed by atoms with Gasteiger partial charge < -0.3 is 15.3 Å². The maximum absolute atomic E-state index is 9.51. The van der Waals surface area contributed by atoms with Crippen molar-refractivity contribution in [3.8, 4) is 0 Å². The number of rotatable bonds is 2. The molecule has 0 spiro atoms. The molecule has 0 rings (SSSR count). The van der Waals surface area contributed by atoms with Crippen molar-refractivity contribution in [2.75, 3.05) is 6.61 Å². The number of hydrogen-bond donors (Lipinski definition) is 3. The van der Waals surface area contributed by atoms with Crippen LogP contribution in [0.15, 0.2) is 12.2 Å². The topological polar surface area (TPSA) is 77.8 Å². The highest BCUT2D eigenvalue weighted by Crippen LogP contribution is 1.68. The summed E-state index contributed by atoms with van der Waals surface area (Å²) in [4.78, 5) is 9.51. The Morgan fingerprint density at radius 1 is 1.64 bits per heavy atom. The van der Waals surface area contributed by atoms with Gasteiger partial charge in [-0.3, -0.25) is 0 Å². The molecular formula is C7H14O4. The van der Waals surface area contributed by atoms with Crippen molar-refractivity contribution < 1.29 is 20.1 Å². The summed E-state index contributed by atoms with van der Waals surface area (Å²) < 4.78 is 0. The summed E-state index contributed by atoms with van der Waals surface area (Å²) in [5, 5.41) is 23.8. The van der Waals surface area contributed by atoms with Gasteiger partial charge >= 0.3 is 5.97 Å². The monoisotopic (exact) mass is 162 g/mol. The first-order chi connectivity index (χ1) is 5.04. The highest BCUT2D eigenvalue weighted by atomic mass is 16.4. The van der Waals surface area contributed by atoms with E-state index in [1.165, 1.54) is 13.0 Å². The molecule has 66 valence electrons. The molecule has 0 heterocycles. The molecule has 0 aliphatic carbocycles. The van der Waals surface area contributed by atoms with E-state index in [1.54, 1.807) is 6.92 Å². The lowest BCUT2D eigenvalue weighted by Crippen LogP contribution is -2.03. The van der Waals surface area contributed by atoms with Crippen LogP contribution in [0.4, 0.5) is 0 Å². The summed E-state index contributed by atoms with van der Waals surface area (Å²) in [5.74, 6) is -0.891. The Kier molecular flexibility index (Phi) is 10.6. The van der Waals surface area contributed by atoms with Crippen molar-refractivity contribution in [2.24, 2.45) is 0 Å². The van der Waals surface area contributed by atoms with Gasteiger partial charge in [0.25, 0.3) is 0 Å². The number of carbonyl (C=O) groups is 1. The van der Waals surface area contributed by atoms with E-state index in [0.29, 0.717) is 0 Å². The van der Waals surface area contributed by atoms with Crippen LogP contribution in [0.1, 0.15) is 13.8 Å². The van der Waals surface area contributed by atoms with Crippen LogP contribution < -0.4 is 0 Å². The van der Waals surface area contributed by atoms with Crippen LogP contribution in [0, 0.1) is 0 Å². The summed E-state index contributed by atoms with van der Waals surface area (Å²) in [7, 11) is 0. The Morgan fingerprint density at radius 2 is 2.00 bits per heavy atom. The molecule has 0 radical (unpaired) electrons. The van der Waals surface area contributed by atoms with Gasteiger partial charge in [0.15, 0.2) is 0 Å². The molecule has 1 atom stereocenters. The lowest BCUT2D eigenvalue weighted by molar-refractivity contribution is -0.131. The van der Waals surface area contributed by atoms with E-state index in [-0.39, 0.29) is 6.61 Å². The van der Waals surface area contributed by atoms with Crippen molar-refractivity contribution in [1.29, 1.82) is 0 Å². The third-order valence-electron chi connectivity index (χ3n) is 0.573. The van der Waals surface area contributed by atoms with Crippen LogP contribution in [-0.4, -0.2) is 34.0 Å². The SMILES string of the molecule is CC(O)CO.CC=CC(=O)O. The van der Waals surface area contributed by atoms with E-state index in [4.69, 9.17) is 15.3 Å². The highest BCUT2D eigenvalue weighted by molar-refractivity contribution is 5.79. The van der Waals surface area contributed by atoms with Gasteiger partial charge in [-0.05, 0) is 13.8 Å². The van der Waals surface area contributed by atoms with E-state index >= 15 is 0 Å². The molecule has 4 heteroatoms. The van der Waals surface area contributed by atoms with Gasteiger partial charge in [-0.2, -0.15) is 0 Å². The van der Waals surface area contributed by atoms with Crippen molar-refractivity contribution in [3.63, 3.8) is 0 Å². The van der Waals surface area contributed by atoms with E-state index in [9.17, 15) is 4.79 Å². The number of aliphatic carboxylic acids is 1. The number of allylic oxidation sites excluding steroid dienone is 1. The second kappa shape index (κ2) is 9.13. The summed E-state index contributed by atoms with van der Waals surface area (Å²) in [6, 6.07) is 0. The van der Waals surface area contributed by atoms with Crippen LogP contribution in [0.5, 0.6) is 0 Å². The molecule has 0 aromatic heterocycles. The first-order valence-electron chi connectivity index (χ1n) is 3.19. The van der Waals surface area contributed by atoms with E-state index in [1.807, 2.05) is 0 Å². The smallest absolute Gasteiger partial charge is 0.327 e. The van der Waals surface area contributed by atoms with Crippen LogP contribution >= 0.6 is 0 Å². The Morgan fingerprint density at radius 3 is 2.00 bits per heavy atom. The van der Waals surface area contributed by atoms with Crippen LogP contribution in [0.3, 0.4) is 0 Å². The van der Waals surface area contributed by atoms with Crippen molar-refractivity contribution >= 4 is 5.97 Å². The number of carboxylic acids is 1. The Bertz CT molecular complexity index is 118. The molecule has 0 fully saturated rings. The molecule has 0 saturated heterocycles. The first kappa shape index (κ1) is 12.8. The van der Waals surface area contributed by atoms with Crippen molar-refractivity contribution in [3.05, 3.63) is 12.2 Å². The largest absolute Gasteiger partial charge is 0.478 e. The summed E-state index contributed by atoms with van der Waals surface area (Å²) in [5.41, 5.74) is 0. The van der Waals surface area contributed by atoms with E-state index in [0.717, 1.165) is 6.08 Å². The van der Waals surface area contributed by atoms with Gasteiger partial charge in [0.05, 0.1) is 12.7 Å². The number of aliphatic hydroxyl groups is 2.